The van der Waals surface area contributed by atoms with Crippen LogP contribution in [-0.2, 0) is 5.33 Å². The van der Waals surface area contributed by atoms with E-state index in [4.69, 9.17) is 5.11 Å². The molecule has 4 nitrogen and oxygen atoms in total. The Balaban J connectivity index is 3.40. The number of pyridine rings is 1. The second kappa shape index (κ2) is 5.38. The van der Waals surface area contributed by atoms with Gasteiger partial charge in [-0.05, 0) is 22.6 Å². The van der Waals surface area contributed by atoms with Gasteiger partial charge in [0, 0.05) is 15.1 Å². The Morgan fingerprint density at radius 1 is 1.59 bits per heavy atom. The third-order valence-electron chi connectivity index (χ3n) is 1.62. The molecule has 0 amide bonds. The summed E-state index contributed by atoms with van der Waals surface area (Å²) >= 11 is 4.50. The summed E-state index contributed by atoms with van der Waals surface area (Å²) in [6.07, 6.45) is -3.79. The van der Waals surface area contributed by atoms with Gasteiger partial charge in [0.2, 0.25) is 0 Å². The molecule has 0 aliphatic carbocycles. The van der Waals surface area contributed by atoms with Crippen LogP contribution in [0.5, 0.6) is 5.75 Å². The number of rotatable bonds is 3. The SMILES string of the molecule is O=C(O)c1c(I)cnc(CBr)c1OC(F)(F)F. The van der Waals surface area contributed by atoms with Crippen molar-refractivity contribution in [3.8, 4) is 5.75 Å². The van der Waals surface area contributed by atoms with Crippen LogP contribution in [0.1, 0.15) is 16.1 Å². The van der Waals surface area contributed by atoms with E-state index in [0.717, 1.165) is 0 Å². The summed E-state index contributed by atoms with van der Waals surface area (Å²) in [5.41, 5.74) is -0.674. The molecule has 0 aliphatic rings. The summed E-state index contributed by atoms with van der Waals surface area (Å²) in [7, 11) is 0. The second-order valence-electron chi connectivity index (χ2n) is 2.74. The van der Waals surface area contributed by atoms with Crippen molar-refractivity contribution in [3.63, 3.8) is 0 Å². The summed E-state index contributed by atoms with van der Waals surface area (Å²) < 4.78 is 40.3. The molecule has 0 aliphatic heterocycles. The number of carboxylic acids is 1. The first kappa shape index (κ1) is 14.5. The van der Waals surface area contributed by atoms with Gasteiger partial charge in [0.05, 0.1) is 5.69 Å². The van der Waals surface area contributed by atoms with Gasteiger partial charge in [-0.15, -0.1) is 13.2 Å². The molecule has 0 atom stereocenters. The van der Waals surface area contributed by atoms with Crippen molar-refractivity contribution in [1.29, 1.82) is 0 Å². The van der Waals surface area contributed by atoms with Crippen molar-refractivity contribution in [2.45, 2.75) is 11.7 Å². The fourth-order valence-electron chi connectivity index (χ4n) is 1.03. The number of carbonyl (C=O) groups is 1. The van der Waals surface area contributed by atoms with Crippen molar-refractivity contribution in [2.75, 3.05) is 0 Å². The molecular weight excluding hydrogens is 422 g/mol. The smallest absolute Gasteiger partial charge is 0.478 e. The molecule has 1 N–H and O–H groups in total. The van der Waals surface area contributed by atoms with Crippen molar-refractivity contribution in [1.82, 2.24) is 4.98 Å². The Kier molecular flexibility index (Phi) is 4.58. The Hall–Kier alpha value is -0.580. The number of aromatic carboxylic acids is 1. The molecule has 1 aromatic heterocycles. The van der Waals surface area contributed by atoms with Gasteiger partial charge in [0.1, 0.15) is 5.56 Å². The van der Waals surface area contributed by atoms with E-state index in [1.807, 2.05) is 0 Å². The van der Waals surface area contributed by atoms with E-state index in [2.05, 4.69) is 25.7 Å². The third-order valence-corrected chi connectivity index (χ3v) is 2.97. The molecule has 1 aromatic rings. The minimum Gasteiger partial charge on any atom is -0.478 e. The summed E-state index contributed by atoms with van der Waals surface area (Å²) in [4.78, 5) is 14.6. The average molecular weight is 426 g/mol. The van der Waals surface area contributed by atoms with Crippen LogP contribution < -0.4 is 4.74 Å². The molecule has 0 saturated carbocycles. The van der Waals surface area contributed by atoms with Crippen LogP contribution in [0.4, 0.5) is 13.2 Å². The third kappa shape index (κ3) is 3.69. The van der Waals surface area contributed by atoms with Gasteiger partial charge in [-0.3, -0.25) is 4.98 Å². The lowest BCUT2D eigenvalue weighted by Gasteiger charge is -2.14. The fraction of sp³-hybridized carbons (Fsp3) is 0.250. The van der Waals surface area contributed by atoms with Gasteiger partial charge in [0.25, 0.3) is 0 Å². The highest BCUT2D eigenvalue weighted by Crippen LogP contribution is 2.32. The number of hydrogen-bond acceptors (Lipinski definition) is 3. The molecule has 0 unspecified atom stereocenters. The lowest BCUT2D eigenvalue weighted by Crippen LogP contribution is -2.21. The molecule has 1 rings (SSSR count). The molecule has 0 radical (unpaired) electrons. The number of alkyl halides is 4. The first-order chi connectivity index (χ1) is 7.76. The Labute approximate surface area is 115 Å². The molecule has 9 heteroatoms. The molecule has 0 fully saturated rings. The van der Waals surface area contributed by atoms with Gasteiger partial charge < -0.3 is 9.84 Å². The first-order valence-corrected chi connectivity index (χ1v) is 6.18. The van der Waals surface area contributed by atoms with Crippen LogP contribution in [0.15, 0.2) is 6.20 Å². The molecule has 17 heavy (non-hydrogen) atoms. The minimum absolute atomic E-state index is 0.0460. The maximum Gasteiger partial charge on any atom is 0.573 e. The highest BCUT2D eigenvalue weighted by atomic mass is 127. The van der Waals surface area contributed by atoms with Crippen LogP contribution in [0.25, 0.3) is 0 Å². The van der Waals surface area contributed by atoms with Gasteiger partial charge in [-0.25, -0.2) is 4.79 Å². The summed E-state index contributed by atoms with van der Waals surface area (Å²) in [6, 6.07) is 0. The van der Waals surface area contributed by atoms with E-state index in [1.54, 1.807) is 22.6 Å². The van der Waals surface area contributed by atoms with Crippen molar-refractivity contribution < 1.29 is 27.8 Å². The summed E-state index contributed by atoms with van der Waals surface area (Å²) in [5, 5.41) is 8.82. The molecule has 0 saturated heterocycles. The van der Waals surface area contributed by atoms with Crippen molar-refractivity contribution in [3.05, 3.63) is 21.0 Å². The van der Waals surface area contributed by atoms with E-state index >= 15 is 0 Å². The van der Waals surface area contributed by atoms with Crippen LogP contribution in [0.2, 0.25) is 0 Å². The van der Waals surface area contributed by atoms with E-state index in [1.165, 1.54) is 6.20 Å². The molecule has 94 valence electrons. The standard InChI is InChI=1S/C8H4BrF3INO3/c9-1-4-6(17-8(10,11)12)5(7(15)16)3(13)2-14-4/h2H,1H2,(H,15,16). The molecular formula is C8H4BrF3INO3. The zero-order valence-corrected chi connectivity index (χ0v) is 11.6. The van der Waals surface area contributed by atoms with Gasteiger partial charge in [-0.2, -0.15) is 0 Å². The number of halogens is 5. The highest BCUT2D eigenvalue weighted by Gasteiger charge is 2.35. The van der Waals surface area contributed by atoms with Gasteiger partial charge in [0.15, 0.2) is 5.75 Å². The lowest BCUT2D eigenvalue weighted by atomic mass is 10.2. The first-order valence-electron chi connectivity index (χ1n) is 3.98. The number of ether oxygens (including phenoxy) is 1. The fourth-order valence-corrected chi connectivity index (χ4v) is 2.04. The lowest BCUT2D eigenvalue weighted by molar-refractivity contribution is -0.275. The van der Waals surface area contributed by atoms with Crippen LogP contribution in [0.3, 0.4) is 0 Å². The van der Waals surface area contributed by atoms with E-state index in [0.29, 0.717) is 0 Å². The Morgan fingerprint density at radius 2 is 2.18 bits per heavy atom. The predicted molar refractivity (Wildman–Crippen MR) is 63.2 cm³/mol. The van der Waals surface area contributed by atoms with E-state index < -0.39 is 23.6 Å². The molecule has 0 spiro atoms. The predicted octanol–water partition coefficient (Wildman–Crippen LogP) is 3.18. The van der Waals surface area contributed by atoms with Crippen molar-refractivity contribution in [2.24, 2.45) is 0 Å². The summed E-state index contributed by atoms with van der Waals surface area (Å²) in [6.45, 7) is 0. The van der Waals surface area contributed by atoms with Gasteiger partial charge in [-0.1, -0.05) is 15.9 Å². The normalized spacial score (nSPS) is 11.4. The summed E-state index contributed by atoms with van der Waals surface area (Å²) in [5.74, 6) is -2.29. The average Bonchev–Trinajstić information content (AvgIpc) is 2.15. The maximum absolute atomic E-state index is 12.2. The number of hydrogen-bond donors (Lipinski definition) is 1. The van der Waals surface area contributed by atoms with Crippen LogP contribution in [0, 0.1) is 3.57 Å². The van der Waals surface area contributed by atoms with E-state index in [-0.39, 0.29) is 14.6 Å². The second-order valence-corrected chi connectivity index (χ2v) is 4.47. The van der Waals surface area contributed by atoms with Gasteiger partial charge >= 0.3 is 12.3 Å². The highest BCUT2D eigenvalue weighted by molar-refractivity contribution is 14.1. The topological polar surface area (TPSA) is 59.4 Å². The quantitative estimate of drug-likeness (QED) is 0.597. The number of carboxylic acid groups (broad SMARTS) is 1. The molecule has 0 aromatic carbocycles. The van der Waals surface area contributed by atoms with E-state index in [9.17, 15) is 18.0 Å². The zero-order chi connectivity index (χ0) is 13.2. The number of nitrogens with zero attached hydrogens (tertiary/aromatic N) is 1. The molecule has 0 bridgehead atoms. The Bertz CT molecular complexity index is 452. The maximum atomic E-state index is 12.2. The Morgan fingerprint density at radius 3 is 2.59 bits per heavy atom. The van der Waals surface area contributed by atoms with Crippen LogP contribution >= 0.6 is 38.5 Å². The van der Waals surface area contributed by atoms with Crippen molar-refractivity contribution >= 4 is 44.5 Å². The van der Waals surface area contributed by atoms with Crippen LogP contribution in [-0.4, -0.2) is 22.4 Å². The monoisotopic (exact) mass is 425 g/mol. The molecule has 1 heterocycles. The number of aromatic nitrogens is 1. The largest absolute Gasteiger partial charge is 0.573 e. The minimum atomic E-state index is -4.97. The zero-order valence-electron chi connectivity index (χ0n) is 7.89.